The molecule has 0 saturated carbocycles. The Morgan fingerprint density at radius 3 is 0.793 bits per heavy atom. The molecule has 3 N–H and O–H groups in total. The van der Waals surface area contributed by atoms with Crippen molar-refractivity contribution in [2.45, 2.75) is 380 Å². The fraction of sp³-hybridized carbons (Fsp3) is 0.890. The minimum Gasteiger partial charge on any atom is -0.462 e. The van der Waals surface area contributed by atoms with Gasteiger partial charge in [-0.3, -0.25) is 37.3 Å². The number of ether oxygens (including phenoxy) is 4. The normalized spacial score (nSPS) is 14.1. The smallest absolute Gasteiger partial charge is 0.462 e. The first-order valence-electron chi connectivity index (χ1n) is 37.6. The van der Waals surface area contributed by atoms with Crippen molar-refractivity contribution >= 4 is 39.5 Å². The van der Waals surface area contributed by atoms with Crippen molar-refractivity contribution in [2.24, 2.45) is 0 Å². The Bertz CT molecular complexity index is 1850. The molecule has 19 heteroatoms. The average molecular weight is 1350 g/mol. The Morgan fingerprint density at radius 1 is 0.304 bits per heavy atom. The van der Waals surface area contributed by atoms with Gasteiger partial charge in [0.05, 0.1) is 26.4 Å². The number of aliphatic hydroxyl groups is 1. The van der Waals surface area contributed by atoms with E-state index in [4.69, 9.17) is 37.0 Å². The van der Waals surface area contributed by atoms with Crippen molar-refractivity contribution in [1.82, 2.24) is 0 Å². The van der Waals surface area contributed by atoms with E-state index in [-0.39, 0.29) is 25.7 Å². The fourth-order valence-electron chi connectivity index (χ4n) is 10.7. The van der Waals surface area contributed by atoms with E-state index in [0.717, 1.165) is 116 Å². The lowest BCUT2D eigenvalue weighted by molar-refractivity contribution is -0.161. The summed E-state index contributed by atoms with van der Waals surface area (Å²) in [5, 5.41) is 10.6. The highest BCUT2D eigenvalue weighted by Gasteiger charge is 2.30. The minimum atomic E-state index is -4.96. The monoisotopic (exact) mass is 1350 g/mol. The lowest BCUT2D eigenvalue weighted by Crippen LogP contribution is -2.30. The van der Waals surface area contributed by atoms with Crippen LogP contribution in [0.25, 0.3) is 0 Å². The number of carbonyl (C=O) groups is 4. The van der Waals surface area contributed by atoms with Crippen molar-refractivity contribution < 1.29 is 80.2 Å². The summed E-state index contributed by atoms with van der Waals surface area (Å²) in [6.07, 6.45) is 59.5. The van der Waals surface area contributed by atoms with Gasteiger partial charge in [-0.2, -0.15) is 0 Å². The average Bonchev–Trinajstić information content (AvgIpc) is 2.83. The number of rotatable bonds is 72. The van der Waals surface area contributed by atoms with E-state index in [9.17, 15) is 43.2 Å². The van der Waals surface area contributed by atoms with Crippen LogP contribution in [0.1, 0.15) is 362 Å². The summed E-state index contributed by atoms with van der Waals surface area (Å²) in [7, 11) is -9.90. The summed E-state index contributed by atoms with van der Waals surface area (Å²) in [6, 6.07) is 0. The Morgan fingerprint density at radius 2 is 0.522 bits per heavy atom. The lowest BCUT2D eigenvalue weighted by atomic mass is 10.0. The molecule has 542 valence electrons. The van der Waals surface area contributed by atoms with Crippen molar-refractivity contribution in [3.05, 3.63) is 24.3 Å². The molecular weight excluding hydrogens is 1210 g/mol. The Balaban J connectivity index is 5.17. The molecule has 0 aliphatic rings. The maximum atomic E-state index is 13.0. The molecule has 0 heterocycles. The molecule has 0 radical (unpaired) electrons. The second-order valence-electron chi connectivity index (χ2n) is 25.6. The zero-order chi connectivity index (χ0) is 67.5. The second kappa shape index (κ2) is 67.1. The summed E-state index contributed by atoms with van der Waals surface area (Å²) in [5.74, 6) is -2.16. The van der Waals surface area contributed by atoms with Gasteiger partial charge in [0.1, 0.15) is 19.3 Å². The van der Waals surface area contributed by atoms with E-state index in [1.54, 1.807) is 0 Å². The van der Waals surface area contributed by atoms with Gasteiger partial charge in [0, 0.05) is 25.7 Å². The van der Waals surface area contributed by atoms with Crippen LogP contribution >= 0.6 is 15.6 Å². The molecule has 0 rings (SSSR count). The van der Waals surface area contributed by atoms with Gasteiger partial charge in [-0.05, 0) is 51.4 Å². The molecule has 0 amide bonds. The zero-order valence-corrected chi connectivity index (χ0v) is 60.8. The van der Waals surface area contributed by atoms with E-state index >= 15 is 0 Å². The zero-order valence-electron chi connectivity index (χ0n) is 59.0. The fourth-order valence-corrected chi connectivity index (χ4v) is 12.3. The molecule has 0 bridgehead atoms. The van der Waals surface area contributed by atoms with Crippen molar-refractivity contribution in [2.75, 3.05) is 39.6 Å². The van der Waals surface area contributed by atoms with Gasteiger partial charge in [-0.1, -0.05) is 309 Å². The Kier molecular flexibility index (Phi) is 65.3. The topological polar surface area (TPSA) is 237 Å². The van der Waals surface area contributed by atoms with E-state index < -0.39 is 97.5 Å². The van der Waals surface area contributed by atoms with Crippen LogP contribution in [0.3, 0.4) is 0 Å². The first kappa shape index (κ1) is 89.5. The van der Waals surface area contributed by atoms with E-state index in [0.29, 0.717) is 25.7 Å². The molecule has 92 heavy (non-hydrogen) atoms. The Labute approximate surface area is 561 Å². The van der Waals surface area contributed by atoms with Gasteiger partial charge in [0.2, 0.25) is 0 Å². The first-order valence-corrected chi connectivity index (χ1v) is 40.6. The molecule has 0 spiro atoms. The number of esters is 4. The largest absolute Gasteiger partial charge is 0.472 e. The van der Waals surface area contributed by atoms with Gasteiger partial charge in [0.15, 0.2) is 12.2 Å². The van der Waals surface area contributed by atoms with E-state index in [1.807, 2.05) is 0 Å². The van der Waals surface area contributed by atoms with Crippen molar-refractivity contribution in [3.63, 3.8) is 0 Å². The third kappa shape index (κ3) is 66.2. The van der Waals surface area contributed by atoms with Crippen molar-refractivity contribution in [3.8, 4) is 0 Å². The molecule has 0 saturated heterocycles. The second-order valence-corrected chi connectivity index (χ2v) is 28.6. The number of hydrogen-bond acceptors (Lipinski definition) is 15. The predicted molar refractivity (Wildman–Crippen MR) is 372 cm³/mol. The number of hydrogen-bond donors (Lipinski definition) is 3. The highest BCUT2D eigenvalue weighted by atomic mass is 31.2. The highest BCUT2D eigenvalue weighted by Crippen LogP contribution is 2.45. The summed E-state index contributed by atoms with van der Waals surface area (Å²) in [4.78, 5) is 72.4. The van der Waals surface area contributed by atoms with Gasteiger partial charge in [0.25, 0.3) is 0 Å². The quantitative estimate of drug-likeness (QED) is 0.0169. The molecule has 0 aliphatic heterocycles. The molecule has 2 unspecified atom stereocenters. The summed E-state index contributed by atoms with van der Waals surface area (Å²) < 4.78 is 68.1. The van der Waals surface area contributed by atoms with Crippen LogP contribution < -0.4 is 0 Å². The van der Waals surface area contributed by atoms with E-state index in [2.05, 4.69) is 52.0 Å². The number of phosphoric ester groups is 2. The lowest BCUT2D eigenvalue weighted by Gasteiger charge is -2.21. The van der Waals surface area contributed by atoms with Crippen LogP contribution in [0.2, 0.25) is 0 Å². The molecular formula is C73H138O17P2. The standard InChI is InChI=1S/C73H138O17P2/c1-5-9-13-17-20-23-26-29-31-32-33-34-36-39-42-45-48-52-56-60-73(78)90-69(64-84-71(76)58-54-50-46-43-40-38-35-30-27-24-21-18-14-10-6-2)66-88-92(81,82)86-62-67(74)61-85-91(79,80)87-65-68(63-83-70(75)57-53-49-16-12-8-4)89-72(77)59-55-51-47-44-41-37-28-25-22-19-15-11-7-3/h24,27,30,35,67-69,74H,5-23,25-26,28-29,31-34,36-66H2,1-4H3,(H,79,80)(H,81,82)/b27-24-,35-30-/t67-,68+,69+/m0/s1. The van der Waals surface area contributed by atoms with Gasteiger partial charge in [-0.25, -0.2) is 9.13 Å². The number of allylic oxidation sites excluding steroid dienone is 4. The maximum absolute atomic E-state index is 13.0. The summed E-state index contributed by atoms with van der Waals surface area (Å²) >= 11 is 0. The van der Waals surface area contributed by atoms with Gasteiger partial charge < -0.3 is 33.8 Å². The number of carbonyl (C=O) groups excluding carboxylic acids is 4. The third-order valence-corrected chi connectivity index (χ3v) is 18.4. The van der Waals surface area contributed by atoms with Crippen LogP contribution in [0, 0.1) is 0 Å². The SMILES string of the molecule is CCCCCC/C=C\C=C/CCCCCCCC(=O)OC[C@H](COP(=O)(O)OC[C@@H](O)COP(=O)(O)OC[C@@H](COC(=O)CCCCCCC)OC(=O)CCCCCCCCCCCCCCC)OC(=O)CCCCCCCCCCCCCCCCCCCCC. The van der Waals surface area contributed by atoms with Crippen LogP contribution in [0.15, 0.2) is 24.3 Å². The summed E-state index contributed by atoms with van der Waals surface area (Å²) in [5.41, 5.74) is 0. The van der Waals surface area contributed by atoms with Gasteiger partial charge in [-0.15, -0.1) is 0 Å². The highest BCUT2D eigenvalue weighted by molar-refractivity contribution is 7.47. The van der Waals surface area contributed by atoms with E-state index in [1.165, 1.54) is 167 Å². The number of phosphoric acid groups is 2. The van der Waals surface area contributed by atoms with Crippen LogP contribution in [-0.2, 0) is 65.4 Å². The first-order chi connectivity index (χ1) is 44.7. The summed E-state index contributed by atoms with van der Waals surface area (Å²) in [6.45, 7) is 4.81. The Hall–Kier alpha value is -2.46. The maximum Gasteiger partial charge on any atom is 0.472 e. The van der Waals surface area contributed by atoms with Crippen LogP contribution in [0.4, 0.5) is 0 Å². The molecule has 0 aliphatic carbocycles. The van der Waals surface area contributed by atoms with Crippen LogP contribution in [-0.4, -0.2) is 96.7 Å². The molecule has 5 atom stereocenters. The van der Waals surface area contributed by atoms with Crippen LogP contribution in [0.5, 0.6) is 0 Å². The minimum absolute atomic E-state index is 0.102. The third-order valence-electron chi connectivity index (χ3n) is 16.5. The number of aliphatic hydroxyl groups excluding tert-OH is 1. The molecule has 0 fully saturated rings. The number of unbranched alkanes of at least 4 members (excludes halogenated alkanes) is 43. The molecule has 0 aromatic rings. The molecule has 17 nitrogen and oxygen atoms in total. The molecule has 0 aromatic carbocycles. The van der Waals surface area contributed by atoms with Crippen molar-refractivity contribution in [1.29, 1.82) is 0 Å². The van der Waals surface area contributed by atoms with Gasteiger partial charge >= 0.3 is 39.5 Å². The molecule has 0 aromatic heterocycles. The predicted octanol–water partition coefficient (Wildman–Crippen LogP) is 21.0.